The fourth-order valence-corrected chi connectivity index (χ4v) is 3.97. The molecule has 2 heterocycles. The first-order valence-electron chi connectivity index (χ1n) is 5.98. The van der Waals surface area contributed by atoms with Gasteiger partial charge in [0.05, 0.1) is 12.7 Å². The van der Waals surface area contributed by atoms with Crippen LogP contribution in [0.15, 0.2) is 21.6 Å². The lowest BCUT2D eigenvalue weighted by Gasteiger charge is -2.31. The summed E-state index contributed by atoms with van der Waals surface area (Å²) in [5.74, 6) is 0.0164. The number of nitrogens with two attached hydrogens (primary N) is 1. The second kappa shape index (κ2) is 5.74. The molecular weight excluding hydrogens is 334 g/mol. The van der Waals surface area contributed by atoms with Crippen molar-refractivity contribution in [3.05, 3.63) is 16.7 Å². The number of nitrogen functional groups attached to an aromatic ring is 1. The Hall–Kier alpha value is -0.700. The van der Waals surface area contributed by atoms with E-state index in [9.17, 15) is 8.42 Å². The van der Waals surface area contributed by atoms with Crippen molar-refractivity contribution in [3.63, 3.8) is 0 Å². The Labute approximate surface area is 121 Å². The molecule has 0 bridgehead atoms. The predicted molar refractivity (Wildman–Crippen MR) is 75.1 cm³/mol. The van der Waals surface area contributed by atoms with Crippen LogP contribution in [0.25, 0.3) is 0 Å². The number of halogens is 1. The normalized spacial score (nSPS) is 21.5. The van der Waals surface area contributed by atoms with Gasteiger partial charge in [0.25, 0.3) is 0 Å². The third kappa shape index (κ3) is 3.07. The number of nitrogens with zero attached hydrogens (tertiary/aromatic N) is 2. The number of morpholine rings is 1. The third-order valence-corrected chi connectivity index (χ3v) is 5.35. The highest BCUT2D eigenvalue weighted by molar-refractivity contribution is 9.10. The lowest BCUT2D eigenvalue weighted by Crippen LogP contribution is -2.45. The van der Waals surface area contributed by atoms with Crippen LogP contribution in [-0.2, 0) is 14.8 Å². The molecule has 0 spiro atoms. The minimum atomic E-state index is -3.62. The van der Waals surface area contributed by atoms with Crippen molar-refractivity contribution in [2.45, 2.75) is 24.3 Å². The number of anilines is 1. The highest BCUT2D eigenvalue weighted by Crippen LogP contribution is 2.25. The van der Waals surface area contributed by atoms with E-state index in [2.05, 4.69) is 20.9 Å². The molecule has 1 aliphatic rings. The molecule has 1 atom stereocenters. The topological polar surface area (TPSA) is 85.5 Å². The van der Waals surface area contributed by atoms with Gasteiger partial charge >= 0.3 is 0 Å². The molecule has 0 saturated carbocycles. The number of aromatic nitrogens is 1. The first-order valence-corrected chi connectivity index (χ1v) is 8.21. The molecule has 0 aromatic carbocycles. The van der Waals surface area contributed by atoms with Crippen LogP contribution in [0.4, 0.5) is 5.82 Å². The second-order valence-electron chi connectivity index (χ2n) is 4.30. The molecule has 8 heteroatoms. The van der Waals surface area contributed by atoms with Gasteiger partial charge < -0.3 is 10.5 Å². The van der Waals surface area contributed by atoms with Crippen LogP contribution in [0.1, 0.15) is 13.3 Å². The molecule has 1 aliphatic heterocycles. The van der Waals surface area contributed by atoms with Gasteiger partial charge in [0.1, 0.15) is 10.7 Å². The minimum Gasteiger partial charge on any atom is -0.383 e. The SMILES string of the molecule is CCC1CN(S(=O)(=O)c2cc(Br)cnc2N)CCO1. The van der Waals surface area contributed by atoms with Gasteiger partial charge in [-0.3, -0.25) is 0 Å². The Bertz CT molecular complexity index is 564. The van der Waals surface area contributed by atoms with Gasteiger partial charge in [0.15, 0.2) is 0 Å². The van der Waals surface area contributed by atoms with E-state index >= 15 is 0 Å². The van der Waals surface area contributed by atoms with Crippen LogP contribution >= 0.6 is 15.9 Å². The van der Waals surface area contributed by atoms with Gasteiger partial charge in [-0.25, -0.2) is 13.4 Å². The average molecular weight is 350 g/mol. The summed E-state index contributed by atoms with van der Waals surface area (Å²) in [6.45, 7) is 3.06. The van der Waals surface area contributed by atoms with E-state index in [4.69, 9.17) is 10.5 Å². The van der Waals surface area contributed by atoms with Crippen LogP contribution in [0, 0.1) is 0 Å². The van der Waals surface area contributed by atoms with Crippen LogP contribution in [0.5, 0.6) is 0 Å². The van der Waals surface area contributed by atoms with E-state index in [-0.39, 0.29) is 16.8 Å². The zero-order chi connectivity index (χ0) is 14.0. The smallest absolute Gasteiger partial charge is 0.246 e. The summed E-state index contributed by atoms with van der Waals surface area (Å²) in [6, 6.07) is 1.48. The van der Waals surface area contributed by atoms with Crippen LogP contribution in [-0.4, -0.2) is 43.5 Å². The number of ether oxygens (including phenoxy) is 1. The maximum atomic E-state index is 12.6. The van der Waals surface area contributed by atoms with Crippen LogP contribution in [0.2, 0.25) is 0 Å². The first-order chi connectivity index (χ1) is 8.95. The number of pyridine rings is 1. The molecule has 1 saturated heterocycles. The number of hydrogen-bond donors (Lipinski definition) is 1. The van der Waals surface area contributed by atoms with E-state index in [1.165, 1.54) is 16.6 Å². The van der Waals surface area contributed by atoms with Crippen molar-refractivity contribution < 1.29 is 13.2 Å². The highest BCUT2D eigenvalue weighted by atomic mass is 79.9. The van der Waals surface area contributed by atoms with Crippen molar-refractivity contribution in [2.24, 2.45) is 0 Å². The van der Waals surface area contributed by atoms with Crippen LogP contribution in [0.3, 0.4) is 0 Å². The summed E-state index contributed by atoms with van der Waals surface area (Å²) in [5.41, 5.74) is 5.68. The molecule has 1 unspecified atom stereocenters. The van der Waals surface area contributed by atoms with Gasteiger partial charge in [-0.2, -0.15) is 4.31 Å². The van der Waals surface area contributed by atoms with Crippen molar-refractivity contribution >= 4 is 31.8 Å². The monoisotopic (exact) mass is 349 g/mol. The quantitative estimate of drug-likeness (QED) is 0.886. The molecule has 2 rings (SSSR count). The van der Waals surface area contributed by atoms with E-state index < -0.39 is 10.0 Å². The Kier molecular flexibility index (Phi) is 4.44. The van der Waals surface area contributed by atoms with Crippen molar-refractivity contribution in [3.8, 4) is 0 Å². The number of rotatable bonds is 3. The zero-order valence-corrected chi connectivity index (χ0v) is 12.9. The fourth-order valence-electron chi connectivity index (χ4n) is 1.93. The lowest BCUT2D eigenvalue weighted by molar-refractivity contribution is -0.00277. The minimum absolute atomic E-state index is 0.0164. The van der Waals surface area contributed by atoms with Crippen LogP contribution < -0.4 is 5.73 Å². The molecule has 2 N–H and O–H groups in total. The fraction of sp³-hybridized carbons (Fsp3) is 0.545. The van der Waals surface area contributed by atoms with E-state index in [1.807, 2.05) is 6.92 Å². The van der Waals surface area contributed by atoms with Crippen molar-refractivity contribution in [1.29, 1.82) is 0 Å². The highest BCUT2D eigenvalue weighted by Gasteiger charge is 2.31. The average Bonchev–Trinajstić information content (AvgIpc) is 2.41. The molecule has 6 nitrogen and oxygen atoms in total. The van der Waals surface area contributed by atoms with Crippen molar-refractivity contribution in [2.75, 3.05) is 25.4 Å². The molecule has 1 fully saturated rings. The maximum absolute atomic E-state index is 12.6. The summed E-state index contributed by atoms with van der Waals surface area (Å²) in [6.07, 6.45) is 2.19. The maximum Gasteiger partial charge on any atom is 0.246 e. The Balaban J connectivity index is 2.34. The molecule has 19 heavy (non-hydrogen) atoms. The molecular formula is C11H16BrN3O3S. The molecule has 1 aromatic rings. The summed E-state index contributed by atoms with van der Waals surface area (Å²) < 4.78 is 32.6. The Morgan fingerprint density at radius 1 is 1.63 bits per heavy atom. The Morgan fingerprint density at radius 2 is 2.37 bits per heavy atom. The second-order valence-corrected chi connectivity index (χ2v) is 7.12. The van der Waals surface area contributed by atoms with Gasteiger partial charge in [-0.1, -0.05) is 6.92 Å². The van der Waals surface area contributed by atoms with Crippen molar-refractivity contribution in [1.82, 2.24) is 9.29 Å². The lowest BCUT2D eigenvalue weighted by atomic mass is 10.2. The molecule has 0 aliphatic carbocycles. The van der Waals surface area contributed by atoms with Gasteiger partial charge in [-0.15, -0.1) is 0 Å². The zero-order valence-electron chi connectivity index (χ0n) is 10.5. The van der Waals surface area contributed by atoms with E-state index in [0.29, 0.717) is 24.2 Å². The number of sulfonamides is 1. The Morgan fingerprint density at radius 3 is 3.05 bits per heavy atom. The molecule has 106 valence electrons. The summed E-state index contributed by atoms with van der Waals surface area (Å²) >= 11 is 3.21. The summed E-state index contributed by atoms with van der Waals surface area (Å²) in [4.78, 5) is 3.91. The molecule has 1 aromatic heterocycles. The van der Waals surface area contributed by atoms with Gasteiger partial charge in [0, 0.05) is 23.8 Å². The van der Waals surface area contributed by atoms with E-state index in [1.54, 1.807) is 0 Å². The van der Waals surface area contributed by atoms with Gasteiger partial charge in [-0.05, 0) is 28.4 Å². The molecule has 0 radical (unpaired) electrons. The third-order valence-electron chi connectivity index (χ3n) is 3.02. The predicted octanol–water partition coefficient (Wildman–Crippen LogP) is 1.23. The molecule has 0 amide bonds. The largest absolute Gasteiger partial charge is 0.383 e. The summed E-state index contributed by atoms with van der Waals surface area (Å²) in [7, 11) is -3.62. The van der Waals surface area contributed by atoms with Gasteiger partial charge in [0.2, 0.25) is 10.0 Å². The number of hydrogen-bond acceptors (Lipinski definition) is 5. The van der Waals surface area contributed by atoms with E-state index in [0.717, 1.165) is 6.42 Å². The summed E-state index contributed by atoms with van der Waals surface area (Å²) in [5, 5.41) is 0. The first kappa shape index (κ1) is 14.7. The standard InChI is InChI=1S/C11H16BrN3O3S/c1-2-9-7-15(3-4-18-9)19(16,17)10-5-8(12)6-14-11(10)13/h5-6,9H,2-4,7H2,1H3,(H2,13,14).